The number of nitrogens with zero attached hydrogens (tertiary/aromatic N) is 1. The molecule has 108 valence electrons. The second-order valence-corrected chi connectivity index (χ2v) is 3.98. The minimum absolute atomic E-state index is 0.0124. The number of nitrogens with one attached hydrogen (secondary N) is 1. The summed E-state index contributed by atoms with van der Waals surface area (Å²) in [6.45, 7) is 0. The van der Waals surface area contributed by atoms with E-state index < -0.39 is 17.7 Å². The summed E-state index contributed by atoms with van der Waals surface area (Å²) in [5.41, 5.74) is 7.22. The van der Waals surface area contributed by atoms with Gasteiger partial charge in [0.2, 0.25) is 0 Å². The zero-order valence-electron chi connectivity index (χ0n) is 10.7. The molecule has 0 bridgehead atoms. The van der Waals surface area contributed by atoms with Crippen molar-refractivity contribution in [3.8, 4) is 11.5 Å². The summed E-state index contributed by atoms with van der Waals surface area (Å²) < 4.78 is 31.9. The molecule has 0 aromatic heterocycles. The molecular weight excluding hydrogens is 280 g/mol. The molecule has 0 atom stereocenters. The third-order valence-corrected chi connectivity index (χ3v) is 2.39. The van der Waals surface area contributed by atoms with Gasteiger partial charge in [-0.15, -0.1) is 0 Å². The van der Waals surface area contributed by atoms with Crippen LogP contribution in [0.15, 0.2) is 47.6 Å². The Labute approximate surface area is 119 Å². The van der Waals surface area contributed by atoms with Gasteiger partial charge in [0, 0.05) is 0 Å². The van der Waals surface area contributed by atoms with Crippen molar-refractivity contribution in [2.24, 2.45) is 10.8 Å². The van der Waals surface area contributed by atoms with Crippen LogP contribution in [-0.4, -0.2) is 12.2 Å². The van der Waals surface area contributed by atoms with E-state index in [2.05, 4.69) is 5.10 Å². The van der Waals surface area contributed by atoms with Gasteiger partial charge >= 0.3 is 6.03 Å². The maximum Gasteiger partial charge on any atom is 0.332 e. The molecule has 7 heteroatoms. The molecule has 0 spiro atoms. The molecule has 2 amide bonds. The number of halogens is 2. The number of hydrazone groups is 1. The van der Waals surface area contributed by atoms with Crippen LogP contribution in [0.4, 0.5) is 13.6 Å². The van der Waals surface area contributed by atoms with Crippen molar-refractivity contribution in [2.75, 3.05) is 0 Å². The van der Waals surface area contributed by atoms with Gasteiger partial charge in [0.1, 0.15) is 11.6 Å². The van der Waals surface area contributed by atoms with E-state index in [1.54, 1.807) is 0 Å². The van der Waals surface area contributed by atoms with Crippen LogP contribution in [0.5, 0.6) is 11.5 Å². The molecular formula is C14H11F2N3O2. The largest absolute Gasteiger partial charge is 0.454 e. The van der Waals surface area contributed by atoms with Crippen molar-refractivity contribution in [1.29, 1.82) is 0 Å². The zero-order valence-corrected chi connectivity index (χ0v) is 10.7. The van der Waals surface area contributed by atoms with Crippen molar-refractivity contribution in [3.63, 3.8) is 0 Å². The van der Waals surface area contributed by atoms with Gasteiger partial charge < -0.3 is 10.5 Å². The Balaban J connectivity index is 2.10. The monoisotopic (exact) mass is 291 g/mol. The molecule has 0 unspecified atom stereocenters. The Bertz CT molecular complexity index is 672. The van der Waals surface area contributed by atoms with Crippen LogP contribution in [0.3, 0.4) is 0 Å². The Morgan fingerprint density at radius 1 is 1.19 bits per heavy atom. The lowest BCUT2D eigenvalue weighted by Gasteiger charge is -2.07. The summed E-state index contributed by atoms with van der Waals surface area (Å²) >= 11 is 0. The molecule has 0 aliphatic carbocycles. The first-order valence-corrected chi connectivity index (χ1v) is 5.86. The van der Waals surface area contributed by atoms with Gasteiger partial charge in [-0.2, -0.15) is 5.10 Å². The second kappa shape index (κ2) is 6.47. The Morgan fingerprint density at radius 2 is 1.90 bits per heavy atom. The molecule has 2 rings (SSSR count). The summed E-state index contributed by atoms with van der Waals surface area (Å²) in [6, 6.07) is 8.49. The quantitative estimate of drug-likeness (QED) is 0.671. The second-order valence-electron chi connectivity index (χ2n) is 3.98. The molecule has 5 nitrogen and oxygen atoms in total. The standard InChI is InChI=1S/C14H11F2N3O2/c15-10-2-4-11(5-3-10)21-13-6-1-9(7-12(13)16)8-18-19-14(17)20/h1-8H,(H3,17,19,20)/b18-8+. The third kappa shape index (κ3) is 4.27. The summed E-state index contributed by atoms with van der Waals surface area (Å²) in [7, 11) is 0. The first-order valence-electron chi connectivity index (χ1n) is 5.86. The summed E-state index contributed by atoms with van der Waals surface area (Å²) in [6.07, 6.45) is 1.23. The molecule has 21 heavy (non-hydrogen) atoms. The number of ether oxygens (including phenoxy) is 1. The van der Waals surface area contributed by atoms with Crippen LogP contribution in [-0.2, 0) is 0 Å². The van der Waals surface area contributed by atoms with Gasteiger partial charge in [-0.3, -0.25) is 0 Å². The van der Waals surface area contributed by atoms with Crippen molar-refractivity contribution in [2.45, 2.75) is 0 Å². The molecule has 0 saturated heterocycles. The Hall–Kier alpha value is -2.96. The van der Waals surface area contributed by atoms with E-state index in [0.29, 0.717) is 11.3 Å². The van der Waals surface area contributed by atoms with Gasteiger partial charge in [-0.25, -0.2) is 19.0 Å². The number of rotatable bonds is 4. The van der Waals surface area contributed by atoms with E-state index in [4.69, 9.17) is 10.5 Å². The van der Waals surface area contributed by atoms with Crippen LogP contribution in [0.25, 0.3) is 0 Å². The van der Waals surface area contributed by atoms with Crippen molar-refractivity contribution >= 4 is 12.2 Å². The number of hydrogen-bond donors (Lipinski definition) is 2. The number of nitrogens with two attached hydrogens (primary N) is 1. The van der Waals surface area contributed by atoms with Crippen molar-refractivity contribution < 1.29 is 18.3 Å². The number of carbonyl (C=O) groups excluding carboxylic acids is 1. The number of urea groups is 1. The predicted octanol–water partition coefficient (Wildman–Crippen LogP) is 2.76. The third-order valence-electron chi connectivity index (χ3n) is 2.39. The Kier molecular flexibility index (Phi) is 4.45. The summed E-state index contributed by atoms with van der Waals surface area (Å²) in [5.74, 6) is -0.729. The van der Waals surface area contributed by atoms with Crippen molar-refractivity contribution in [1.82, 2.24) is 5.43 Å². The fourth-order valence-electron chi connectivity index (χ4n) is 1.48. The number of benzene rings is 2. The molecule has 3 N–H and O–H groups in total. The number of amides is 2. The number of carbonyl (C=O) groups is 1. The fourth-order valence-corrected chi connectivity index (χ4v) is 1.48. The maximum absolute atomic E-state index is 13.8. The van der Waals surface area contributed by atoms with Gasteiger partial charge in [0.05, 0.1) is 6.21 Å². The molecule has 0 aliphatic heterocycles. The van der Waals surface area contributed by atoms with Crippen LogP contribution >= 0.6 is 0 Å². The predicted molar refractivity (Wildman–Crippen MR) is 73.2 cm³/mol. The maximum atomic E-state index is 13.8. The smallest absolute Gasteiger partial charge is 0.332 e. The van der Waals surface area contributed by atoms with Crippen LogP contribution in [0.1, 0.15) is 5.56 Å². The topological polar surface area (TPSA) is 76.7 Å². The highest BCUT2D eigenvalue weighted by Gasteiger charge is 2.05. The number of hydrogen-bond acceptors (Lipinski definition) is 3. The minimum Gasteiger partial charge on any atom is -0.454 e. The Morgan fingerprint density at radius 3 is 2.52 bits per heavy atom. The lowest BCUT2D eigenvalue weighted by Crippen LogP contribution is -2.24. The van der Waals surface area contributed by atoms with Crippen molar-refractivity contribution in [3.05, 3.63) is 59.7 Å². The van der Waals surface area contributed by atoms with Crippen LogP contribution in [0.2, 0.25) is 0 Å². The molecule has 0 saturated carbocycles. The van der Waals surface area contributed by atoms with E-state index in [9.17, 15) is 13.6 Å². The van der Waals surface area contributed by atoms with Gasteiger partial charge in [0.15, 0.2) is 11.6 Å². The lowest BCUT2D eigenvalue weighted by atomic mass is 10.2. The average Bonchev–Trinajstić information content (AvgIpc) is 2.44. The highest BCUT2D eigenvalue weighted by atomic mass is 19.1. The summed E-state index contributed by atoms with van der Waals surface area (Å²) in [4.78, 5) is 10.4. The van der Waals surface area contributed by atoms with E-state index >= 15 is 0 Å². The minimum atomic E-state index is -0.817. The summed E-state index contributed by atoms with van der Waals surface area (Å²) in [5, 5.41) is 3.51. The SMILES string of the molecule is NC(=O)N/N=C/c1ccc(Oc2ccc(F)cc2)c(F)c1. The van der Waals surface area contributed by atoms with Gasteiger partial charge in [0.25, 0.3) is 0 Å². The number of primary amides is 1. The van der Waals surface area contributed by atoms with Crippen LogP contribution < -0.4 is 15.9 Å². The van der Waals surface area contributed by atoms with E-state index in [0.717, 1.165) is 0 Å². The highest BCUT2D eigenvalue weighted by Crippen LogP contribution is 2.24. The average molecular weight is 291 g/mol. The molecule has 2 aromatic rings. The molecule has 0 radical (unpaired) electrons. The fraction of sp³-hybridized carbons (Fsp3) is 0. The molecule has 2 aromatic carbocycles. The van der Waals surface area contributed by atoms with Gasteiger partial charge in [-0.05, 0) is 48.0 Å². The molecule has 0 heterocycles. The van der Waals surface area contributed by atoms with E-state index in [1.807, 2.05) is 5.43 Å². The van der Waals surface area contributed by atoms with Crippen LogP contribution in [0, 0.1) is 11.6 Å². The normalized spacial score (nSPS) is 10.6. The first-order chi connectivity index (χ1) is 10.0. The molecule has 0 fully saturated rings. The van der Waals surface area contributed by atoms with Gasteiger partial charge in [-0.1, -0.05) is 0 Å². The van der Waals surface area contributed by atoms with E-state index in [1.165, 1.54) is 48.7 Å². The molecule has 0 aliphatic rings. The first kappa shape index (κ1) is 14.4. The van der Waals surface area contributed by atoms with E-state index in [-0.39, 0.29) is 5.75 Å². The lowest BCUT2D eigenvalue weighted by molar-refractivity contribution is 0.249. The highest BCUT2D eigenvalue weighted by molar-refractivity contribution is 5.81. The zero-order chi connectivity index (χ0) is 15.2.